The van der Waals surface area contributed by atoms with Crippen molar-refractivity contribution in [2.45, 2.75) is 44.5 Å². The first-order valence-corrected chi connectivity index (χ1v) is 12.7. The van der Waals surface area contributed by atoms with Gasteiger partial charge >= 0.3 is 0 Å². The quantitative estimate of drug-likeness (QED) is 0.322. The largest absolute Gasteiger partial charge is 0.376 e. The molecule has 1 amide bonds. The molecule has 9 heteroatoms. The van der Waals surface area contributed by atoms with E-state index in [-0.39, 0.29) is 23.3 Å². The SMILES string of the molecule is Cc1ccc(NC(=O)CSc2nc3c(sc4ncccc43)c(=O)n2C[C@@H]2CCCO2)c(C)c1. The van der Waals surface area contributed by atoms with E-state index in [0.717, 1.165) is 39.9 Å². The van der Waals surface area contributed by atoms with Crippen LogP contribution in [0.1, 0.15) is 24.0 Å². The molecule has 7 nitrogen and oxygen atoms in total. The van der Waals surface area contributed by atoms with Crippen LogP contribution in [0.25, 0.3) is 20.4 Å². The number of hydrogen-bond donors (Lipinski definition) is 1. The number of amides is 1. The third kappa shape index (κ3) is 4.53. The van der Waals surface area contributed by atoms with Crippen LogP contribution in [0.3, 0.4) is 0 Å². The number of pyridine rings is 1. The molecule has 1 atom stereocenters. The third-order valence-electron chi connectivity index (χ3n) is 5.72. The number of ether oxygens (including phenoxy) is 1. The number of thioether (sulfide) groups is 1. The van der Waals surface area contributed by atoms with Crippen molar-refractivity contribution in [3.63, 3.8) is 0 Å². The second-order valence-corrected chi connectivity index (χ2v) is 10.2. The number of aromatic nitrogens is 3. The molecule has 1 fully saturated rings. The van der Waals surface area contributed by atoms with Crippen LogP contribution in [0.2, 0.25) is 0 Å². The summed E-state index contributed by atoms with van der Waals surface area (Å²) in [6.07, 6.45) is 3.60. The van der Waals surface area contributed by atoms with E-state index in [9.17, 15) is 9.59 Å². The topological polar surface area (TPSA) is 86.1 Å². The van der Waals surface area contributed by atoms with E-state index >= 15 is 0 Å². The van der Waals surface area contributed by atoms with Crippen LogP contribution in [0, 0.1) is 13.8 Å². The van der Waals surface area contributed by atoms with E-state index in [1.165, 1.54) is 23.1 Å². The van der Waals surface area contributed by atoms with E-state index in [1.54, 1.807) is 10.8 Å². The van der Waals surface area contributed by atoms with Gasteiger partial charge in [-0.3, -0.25) is 14.2 Å². The highest BCUT2D eigenvalue weighted by Crippen LogP contribution is 2.31. The molecular weight excluding hydrogens is 456 g/mol. The zero-order chi connectivity index (χ0) is 22.9. The molecule has 4 aromatic rings. The molecule has 5 rings (SSSR count). The Hall–Kier alpha value is -2.75. The van der Waals surface area contributed by atoms with Crippen LogP contribution in [0.15, 0.2) is 46.5 Å². The predicted octanol–water partition coefficient (Wildman–Crippen LogP) is 4.53. The molecule has 0 radical (unpaired) electrons. The zero-order valence-corrected chi connectivity index (χ0v) is 20.1. The summed E-state index contributed by atoms with van der Waals surface area (Å²) in [6.45, 7) is 5.14. The molecule has 4 heterocycles. The molecule has 0 bridgehead atoms. The Labute approximate surface area is 199 Å². The summed E-state index contributed by atoms with van der Waals surface area (Å²) in [7, 11) is 0. The second kappa shape index (κ2) is 9.24. The highest BCUT2D eigenvalue weighted by molar-refractivity contribution is 7.99. The number of nitrogens with zero attached hydrogens (tertiary/aromatic N) is 3. The molecule has 1 saturated heterocycles. The number of anilines is 1. The van der Waals surface area contributed by atoms with E-state index < -0.39 is 0 Å². The lowest BCUT2D eigenvalue weighted by Gasteiger charge is -2.16. The monoisotopic (exact) mass is 480 g/mol. The molecule has 1 N–H and O–H groups in total. The van der Waals surface area contributed by atoms with Crippen LogP contribution >= 0.6 is 23.1 Å². The fraction of sp³-hybridized carbons (Fsp3) is 0.333. The lowest BCUT2D eigenvalue weighted by atomic mass is 10.1. The summed E-state index contributed by atoms with van der Waals surface area (Å²) >= 11 is 2.64. The summed E-state index contributed by atoms with van der Waals surface area (Å²) in [6, 6.07) is 9.69. The van der Waals surface area contributed by atoms with Gasteiger partial charge in [0.05, 0.1) is 23.9 Å². The van der Waals surface area contributed by atoms with Gasteiger partial charge in [-0.25, -0.2) is 9.97 Å². The van der Waals surface area contributed by atoms with Gasteiger partial charge in [-0.2, -0.15) is 0 Å². The molecule has 3 aromatic heterocycles. The number of benzene rings is 1. The number of rotatable bonds is 6. The normalized spacial score (nSPS) is 16.0. The minimum atomic E-state index is -0.137. The Bertz CT molecular complexity index is 1410. The Kier molecular flexibility index (Phi) is 6.18. The highest BCUT2D eigenvalue weighted by atomic mass is 32.2. The van der Waals surface area contributed by atoms with Gasteiger partial charge in [-0.15, -0.1) is 11.3 Å². The van der Waals surface area contributed by atoms with Gasteiger partial charge in [0, 0.05) is 23.9 Å². The summed E-state index contributed by atoms with van der Waals surface area (Å²) in [5.41, 5.74) is 3.50. The average Bonchev–Trinajstić information content (AvgIpc) is 3.44. The summed E-state index contributed by atoms with van der Waals surface area (Å²) in [5.74, 6) is 0.0127. The fourth-order valence-electron chi connectivity index (χ4n) is 4.07. The molecule has 0 saturated carbocycles. The van der Waals surface area contributed by atoms with Gasteiger partial charge < -0.3 is 10.1 Å². The maximum atomic E-state index is 13.5. The Morgan fingerprint density at radius 1 is 1.33 bits per heavy atom. The van der Waals surface area contributed by atoms with E-state index in [1.807, 2.05) is 44.2 Å². The Morgan fingerprint density at radius 3 is 3.00 bits per heavy atom. The number of carbonyl (C=O) groups excluding carboxylic acids is 1. The van der Waals surface area contributed by atoms with Gasteiger partial charge in [0.25, 0.3) is 5.56 Å². The van der Waals surface area contributed by atoms with Gasteiger partial charge in [0.1, 0.15) is 9.53 Å². The fourth-order valence-corrected chi connectivity index (χ4v) is 5.91. The first-order valence-electron chi connectivity index (χ1n) is 10.9. The van der Waals surface area contributed by atoms with Crippen molar-refractivity contribution >= 4 is 55.1 Å². The lowest BCUT2D eigenvalue weighted by Crippen LogP contribution is -2.28. The van der Waals surface area contributed by atoms with E-state index in [4.69, 9.17) is 9.72 Å². The molecule has 0 spiro atoms. The number of hydrogen-bond acceptors (Lipinski definition) is 7. The molecule has 0 aliphatic carbocycles. The van der Waals surface area contributed by atoms with Crippen molar-refractivity contribution in [2.75, 3.05) is 17.7 Å². The average molecular weight is 481 g/mol. The molecule has 1 aromatic carbocycles. The van der Waals surface area contributed by atoms with Crippen LogP contribution in [0.4, 0.5) is 5.69 Å². The first-order chi connectivity index (χ1) is 16.0. The number of aryl methyl sites for hydroxylation is 2. The van der Waals surface area contributed by atoms with Crippen LogP contribution < -0.4 is 10.9 Å². The first kappa shape index (κ1) is 22.1. The summed E-state index contributed by atoms with van der Waals surface area (Å²) in [4.78, 5) is 36.2. The smallest absolute Gasteiger partial charge is 0.272 e. The van der Waals surface area contributed by atoms with Crippen molar-refractivity contribution < 1.29 is 9.53 Å². The maximum absolute atomic E-state index is 13.5. The molecule has 170 valence electrons. The predicted molar refractivity (Wildman–Crippen MR) is 133 cm³/mol. The highest BCUT2D eigenvalue weighted by Gasteiger charge is 2.22. The summed E-state index contributed by atoms with van der Waals surface area (Å²) in [5, 5.41) is 4.36. The number of thiophene rings is 1. The molecule has 33 heavy (non-hydrogen) atoms. The number of carbonyl (C=O) groups is 1. The minimum absolute atomic E-state index is 0.0159. The zero-order valence-electron chi connectivity index (χ0n) is 18.5. The summed E-state index contributed by atoms with van der Waals surface area (Å²) < 4.78 is 8.04. The minimum Gasteiger partial charge on any atom is -0.376 e. The maximum Gasteiger partial charge on any atom is 0.272 e. The molecule has 1 aliphatic rings. The van der Waals surface area contributed by atoms with Crippen molar-refractivity contribution in [3.8, 4) is 0 Å². The Morgan fingerprint density at radius 2 is 2.21 bits per heavy atom. The molecule has 1 aliphatic heterocycles. The van der Waals surface area contributed by atoms with Crippen molar-refractivity contribution in [2.24, 2.45) is 0 Å². The molecule has 0 unspecified atom stereocenters. The standard InChI is InChI=1S/C24H24N4O3S2/c1-14-7-8-18(15(2)11-14)26-19(29)13-32-24-27-20-17-6-3-9-25-22(17)33-21(20)23(30)28(24)12-16-5-4-10-31-16/h3,6-9,11,16H,4-5,10,12-13H2,1-2H3,(H,26,29)/t16-/m0/s1. The van der Waals surface area contributed by atoms with Crippen molar-refractivity contribution in [1.82, 2.24) is 14.5 Å². The number of nitrogens with one attached hydrogen (secondary N) is 1. The van der Waals surface area contributed by atoms with Crippen molar-refractivity contribution in [1.29, 1.82) is 0 Å². The van der Waals surface area contributed by atoms with Gasteiger partial charge in [0.2, 0.25) is 5.91 Å². The number of fused-ring (bicyclic) bond motifs is 3. The molecular formula is C24H24N4O3S2. The van der Waals surface area contributed by atoms with Crippen LogP contribution in [-0.4, -0.2) is 38.9 Å². The van der Waals surface area contributed by atoms with Gasteiger partial charge in [0.15, 0.2) is 5.16 Å². The van der Waals surface area contributed by atoms with E-state index in [0.29, 0.717) is 28.5 Å². The lowest BCUT2D eigenvalue weighted by molar-refractivity contribution is -0.113. The van der Waals surface area contributed by atoms with Crippen LogP contribution in [-0.2, 0) is 16.1 Å². The second-order valence-electron chi connectivity index (χ2n) is 8.24. The van der Waals surface area contributed by atoms with Crippen LogP contribution in [0.5, 0.6) is 0 Å². The Balaban J connectivity index is 1.46. The van der Waals surface area contributed by atoms with Gasteiger partial charge in [-0.05, 0) is 50.5 Å². The third-order valence-corrected chi connectivity index (χ3v) is 7.78. The van der Waals surface area contributed by atoms with E-state index in [2.05, 4.69) is 10.3 Å². The van der Waals surface area contributed by atoms with Crippen molar-refractivity contribution in [3.05, 3.63) is 58.0 Å². The van der Waals surface area contributed by atoms with Gasteiger partial charge in [-0.1, -0.05) is 29.5 Å².